The molecule has 3 N–H and O–H groups in total. The molecule has 172 valence electrons. The molecular formula is C24H23F2N3O3S. The first-order valence-electron chi connectivity index (χ1n) is 10.6. The molecule has 1 aliphatic heterocycles. The summed E-state index contributed by atoms with van der Waals surface area (Å²) in [6.07, 6.45) is 2.26. The van der Waals surface area contributed by atoms with Crippen LogP contribution in [-0.2, 0) is 0 Å². The van der Waals surface area contributed by atoms with E-state index in [-0.39, 0.29) is 28.6 Å². The fourth-order valence-corrected chi connectivity index (χ4v) is 4.78. The normalized spacial score (nSPS) is 14.7. The van der Waals surface area contributed by atoms with E-state index in [1.165, 1.54) is 23.1 Å². The molecule has 0 aliphatic carbocycles. The molecule has 1 atom stereocenters. The van der Waals surface area contributed by atoms with E-state index in [1.54, 1.807) is 11.3 Å². The van der Waals surface area contributed by atoms with Crippen molar-refractivity contribution in [2.24, 2.45) is 0 Å². The smallest absolute Gasteiger partial charge is 0.255 e. The van der Waals surface area contributed by atoms with Crippen LogP contribution in [0, 0.1) is 11.6 Å². The number of rotatable bonds is 7. The molecule has 0 radical (unpaired) electrons. The van der Waals surface area contributed by atoms with Crippen LogP contribution in [0.4, 0.5) is 14.5 Å². The lowest BCUT2D eigenvalue weighted by molar-refractivity contribution is 0.0935. The Labute approximate surface area is 193 Å². The zero-order valence-electron chi connectivity index (χ0n) is 17.7. The number of phenolic OH excluding ortho intramolecular Hbond substituents is 1. The highest BCUT2D eigenvalue weighted by atomic mass is 32.1. The van der Waals surface area contributed by atoms with Crippen LogP contribution in [0.25, 0.3) is 0 Å². The van der Waals surface area contributed by atoms with E-state index >= 15 is 0 Å². The minimum Gasteiger partial charge on any atom is -0.507 e. The summed E-state index contributed by atoms with van der Waals surface area (Å²) >= 11 is 1.65. The summed E-state index contributed by atoms with van der Waals surface area (Å²) in [5.41, 5.74) is 0.0544. The van der Waals surface area contributed by atoms with Gasteiger partial charge in [0.15, 0.2) is 0 Å². The number of thiophene rings is 1. The maximum Gasteiger partial charge on any atom is 0.255 e. The Hall–Kier alpha value is -3.30. The summed E-state index contributed by atoms with van der Waals surface area (Å²) in [6.45, 7) is 2.36. The highest BCUT2D eigenvalue weighted by Crippen LogP contribution is 2.28. The van der Waals surface area contributed by atoms with Gasteiger partial charge in [0, 0.05) is 34.8 Å². The van der Waals surface area contributed by atoms with Gasteiger partial charge in [0.25, 0.3) is 11.8 Å². The lowest BCUT2D eigenvalue weighted by Gasteiger charge is -2.27. The van der Waals surface area contributed by atoms with Crippen molar-refractivity contribution in [3.05, 3.63) is 81.5 Å². The highest BCUT2D eigenvalue weighted by Gasteiger charge is 2.25. The van der Waals surface area contributed by atoms with Crippen LogP contribution in [0.2, 0.25) is 0 Å². The molecule has 0 saturated carbocycles. The molecule has 4 rings (SSSR count). The van der Waals surface area contributed by atoms with E-state index in [0.29, 0.717) is 12.6 Å². The van der Waals surface area contributed by atoms with Gasteiger partial charge in [-0.2, -0.15) is 0 Å². The van der Waals surface area contributed by atoms with Crippen molar-refractivity contribution in [3.8, 4) is 5.75 Å². The van der Waals surface area contributed by atoms with Gasteiger partial charge >= 0.3 is 0 Å². The van der Waals surface area contributed by atoms with Gasteiger partial charge in [-0.1, -0.05) is 6.07 Å². The average molecular weight is 472 g/mol. The number of carbonyl (C=O) groups excluding carboxylic acids is 2. The number of amides is 2. The van der Waals surface area contributed by atoms with Crippen LogP contribution in [-0.4, -0.2) is 41.5 Å². The number of aromatic hydroxyl groups is 1. The number of hydrogen-bond acceptors (Lipinski definition) is 5. The number of carbonyl (C=O) groups is 2. The molecule has 0 bridgehead atoms. The first kappa shape index (κ1) is 22.9. The molecule has 6 nitrogen and oxygen atoms in total. The van der Waals surface area contributed by atoms with Gasteiger partial charge < -0.3 is 15.7 Å². The summed E-state index contributed by atoms with van der Waals surface area (Å²) in [6, 6.07) is 10.7. The number of halogens is 2. The molecular weight excluding hydrogens is 448 g/mol. The van der Waals surface area contributed by atoms with Crippen molar-refractivity contribution in [2.45, 2.75) is 18.9 Å². The van der Waals surface area contributed by atoms with Crippen LogP contribution in [0.1, 0.15) is 44.5 Å². The largest absolute Gasteiger partial charge is 0.507 e. The molecule has 9 heteroatoms. The van der Waals surface area contributed by atoms with E-state index in [9.17, 15) is 23.5 Å². The van der Waals surface area contributed by atoms with E-state index in [2.05, 4.69) is 21.6 Å². The third-order valence-electron chi connectivity index (χ3n) is 5.53. The lowest BCUT2D eigenvalue weighted by atomic mass is 10.1. The maximum atomic E-state index is 13.3. The minimum atomic E-state index is -0.871. The Balaban J connectivity index is 1.41. The standard InChI is InChI=1S/C24H23F2N3O3S/c25-16-10-15(11-17(26)12-16)23(31)28-18-5-6-19(21(30)13-18)24(32)27-14-20(22-4-3-9-33-22)29-7-1-2-8-29/h3-6,9-13,20,30H,1-2,7-8,14H2,(H,27,32)(H,28,31). The molecule has 1 fully saturated rings. The van der Waals surface area contributed by atoms with Crippen LogP contribution < -0.4 is 10.6 Å². The molecule has 0 spiro atoms. The number of anilines is 1. The average Bonchev–Trinajstić information content (AvgIpc) is 3.48. The second kappa shape index (κ2) is 10.1. The van der Waals surface area contributed by atoms with E-state index < -0.39 is 23.4 Å². The fourth-order valence-electron chi connectivity index (χ4n) is 3.92. The molecule has 2 heterocycles. The van der Waals surface area contributed by atoms with Crippen molar-refractivity contribution in [3.63, 3.8) is 0 Å². The Morgan fingerprint density at radius 2 is 1.76 bits per heavy atom. The first-order valence-corrected chi connectivity index (χ1v) is 11.4. The Kier molecular flexibility index (Phi) is 7.00. The summed E-state index contributed by atoms with van der Waals surface area (Å²) in [7, 11) is 0. The number of benzene rings is 2. The van der Waals surface area contributed by atoms with Crippen molar-refractivity contribution in [1.29, 1.82) is 0 Å². The van der Waals surface area contributed by atoms with Gasteiger partial charge in [-0.25, -0.2) is 8.78 Å². The quantitative estimate of drug-likeness (QED) is 0.472. The summed E-state index contributed by atoms with van der Waals surface area (Å²) in [5, 5.41) is 17.7. The van der Waals surface area contributed by atoms with Crippen LogP contribution >= 0.6 is 11.3 Å². The van der Waals surface area contributed by atoms with Gasteiger partial charge in [0.2, 0.25) is 0 Å². The van der Waals surface area contributed by atoms with E-state index in [0.717, 1.165) is 38.1 Å². The van der Waals surface area contributed by atoms with Gasteiger partial charge in [-0.05, 0) is 61.6 Å². The second-order valence-electron chi connectivity index (χ2n) is 7.83. The zero-order valence-corrected chi connectivity index (χ0v) is 18.5. The van der Waals surface area contributed by atoms with E-state index in [1.807, 2.05) is 11.4 Å². The second-order valence-corrected chi connectivity index (χ2v) is 8.81. The molecule has 1 saturated heterocycles. The number of likely N-dealkylation sites (tertiary alicyclic amines) is 1. The van der Waals surface area contributed by atoms with Crippen molar-refractivity contribution in [2.75, 3.05) is 25.0 Å². The van der Waals surface area contributed by atoms with Crippen LogP contribution in [0.15, 0.2) is 53.9 Å². The minimum absolute atomic E-state index is 0.0659. The van der Waals surface area contributed by atoms with Gasteiger partial charge in [-0.15, -0.1) is 11.3 Å². The lowest BCUT2D eigenvalue weighted by Crippen LogP contribution is -2.36. The van der Waals surface area contributed by atoms with Crippen molar-refractivity contribution >= 4 is 28.8 Å². The Morgan fingerprint density at radius 1 is 1.03 bits per heavy atom. The van der Waals surface area contributed by atoms with Gasteiger partial charge in [0.05, 0.1) is 11.6 Å². The van der Waals surface area contributed by atoms with Crippen LogP contribution in [0.3, 0.4) is 0 Å². The summed E-state index contributed by atoms with van der Waals surface area (Å²) in [4.78, 5) is 28.5. The molecule has 33 heavy (non-hydrogen) atoms. The van der Waals surface area contributed by atoms with Crippen molar-refractivity contribution < 1.29 is 23.5 Å². The predicted octanol–water partition coefficient (Wildman–Crippen LogP) is 4.55. The Bertz CT molecular complexity index is 1130. The summed E-state index contributed by atoms with van der Waals surface area (Å²) < 4.78 is 26.7. The number of nitrogens with zero attached hydrogens (tertiary/aromatic N) is 1. The van der Waals surface area contributed by atoms with Crippen molar-refractivity contribution in [1.82, 2.24) is 10.2 Å². The van der Waals surface area contributed by atoms with Crippen LogP contribution in [0.5, 0.6) is 5.75 Å². The zero-order chi connectivity index (χ0) is 23.4. The number of nitrogens with one attached hydrogen (secondary N) is 2. The molecule has 2 aromatic carbocycles. The molecule has 1 aromatic heterocycles. The molecule has 2 amide bonds. The van der Waals surface area contributed by atoms with E-state index in [4.69, 9.17) is 0 Å². The topological polar surface area (TPSA) is 81.7 Å². The third-order valence-corrected chi connectivity index (χ3v) is 6.51. The fraction of sp³-hybridized carbons (Fsp3) is 0.250. The third kappa shape index (κ3) is 5.55. The molecule has 1 unspecified atom stereocenters. The monoisotopic (exact) mass is 471 g/mol. The Morgan fingerprint density at radius 3 is 2.39 bits per heavy atom. The molecule has 3 aromatic rings. The number of hydrogen-bond donors (Lipinski definition) is 3. The SMILES string of the molecule is O=C(Nc1ccc(C(=O)NCC(c2cccs2)N2CCCC2)c(O)c1)c1cc(F)cc(F)c1. The van der Waals surface area contributed by atoms with Gasteiger partial charge in [-0.3, -0.25) is 14.5 Å². The summed E-state index contributed by atoms with van der Waals surface area (Å²) in [5.74, 6) is -3.23. The van der Waals surface area contributed by atoms with Gasteiger partial charge in [0.1, 0.15) is 17.4 Å². The first-order chi connectivity index (χ1) is 15.9. The maximum absolute atomic E-state index is 13.3. The number of phenols is 1. The predicted molar refractivity (Wildman–Crippen MR) is 123 cm³/mol. The molecule has 1 aliphatic rings. The highest BCUT2D eigenvalue weighted by molar-refractivity contribution is 7.10.